The third kappa shape index (κ3) is 3.77. The minimum atomic E-state index is -0.142. The normalized spacial score (nSPS) is 10.5. The number of nitrogens with two attached hydrogens (primary N) is 1. The van der Waals surface area contributed by atoms with Gasteiger partial charge in [-0.3, -0.25) is 4.79 Å². The highest BCUT2D eigenvalue weighted by molar-refractivity contribution is 9.10. The SMILES string of the molecule is Nn1c(SCC(=O)Nc2ccccc2Br)nnc1-c1ccccc1. The van der Waals surface area contributed by atoms with Gasteiger partial charge in [0.1, 0.15) is 0 Å². The fourth-order valence-corrected chi connectivity index (χ4v) is 3.08. The van der Waals surface area contributed by atoms with E-state index >= 15 is 0 Å². The molecule has 3 N–H and O–H groups in total. The minimum absolute atomic E-state index is 0.142. The number of anilines is 1. The third-order valence-electron chi connectivity index (χ3n) is 3.18. The third-order valence-corrected chi connectivity index (χ3v) is 4.81. The summed E-state index contributed by atoms with van der Waals surface area (Å²) in [5, 5.41) is 11.5. The van der Waals surface area contributed by atoms with Crippen molar-refractivity contribution in [3.05, 3.63) is 59.1 Å². The van der Waals surface area contributed by atoms with Gasteiger partial charge in [0.15, 0.2) is 5.82 Å². The molecule has 3 aromatic rings. The zero-order chi connectivity index (χ0) is 16.9. The van der Waals surface area contributed by atoms with Gasteiger partial charge >= 0.3 is 0 Å². The predicted octanol–water partition coefficient (Wildman–Crippen LogP) is 3.15. The molecule has 0 aliphatic rings. The van der Waals surface area contributed by atoms with Crippen LogP contribution >= 0.6 is 27.7 Å². The molecule has 2 aromatic carbocycles. The highest BCUT2D eigenvalue weighted by Gasteiger charge is 2.14. The summed E-state index contributed by atoms with van der Waals surface area (Å²) in [5.74, 6) is 6.63. The number of carbonyl (C=O) groups is 1. The number of nitrogen functional groups attached to an aromatic ring is 1. The zero-order valence-corrected chi connectivity index (χ0v) is 14.9. The molecule has 6 nitrogen and oxygen atoms in total. The van der Waals surface area contributed by atoms with Crippen LogP contribution in [-0.4, -0.2) is 26.5 Å². The Labute approximate surface area is 151 Å². The van der Waals surface area contributed by atoms with Crippen molar-refractivity contribution in [3.63, 3.8) is 0 Å². The van der Waals surface area contributed by atoms with Gasteiger partial charge in [-0.2, -0.15) is 0 Å². The first-order chi connectivity index (χ1) is 11.6. The molecule has 3 rings (SSSR count). The molecule has 0 saturated carbocycles. The minimum Gasteiger partial charge on any atom is -0.335 e. The van der Waals surface area contributed by atoms with E-state index < -0.39 is 0 Å². The maximum Gasteiger partial charge on any atom is 0.234 e. The molecule has 1 aromatic heterocycles. The highest BCUT2D eigenvalue weighted by atomic mass is 79.9. The lowest BCUT2D eigenvalue weighted by molar-refractivity contribution is -0.113. The standard InChI is InChI=1S/C16H14BrN5OS/c17-12-8-4-5-9-13(12)19-14(23)10-24-16-21-20-15(22(16)18)11-6-2-1-3-7-11/h1-9H,10,18H2,(H,19,23). The van der Waals surface area contributed by atoms with Gasteiger partial charge in [-0.1, -0.05) is 54.2 Å². The maximum absolute atomic E-state index is 12.1. The summed E-state index contributed by atoms with van der Waals surface area (Å²) >= 11 is 4.63. The molecule has 0 aliphatic carbocycles. The lowest BCUT2D eigenvalue weighted by atomic mass is 10.2. The van der Waals surface area contributed by atoms with Crippen molar-refractivity contribution in [2.45, 2.75) is 5.16 Å². The van der Waals surface area contributed by atoms with E-state index in [4.69, 9.17) is 5.84 Å². The van der Waals surface area contributed by atoms with Crippen LogP contribution in [-0.2, 0) is 4.79 Å². The summed E-state index contributed by atoms with van der Waals surface area (Å²) in [5.41, 5.74) is 1.60. The lowest BCUT2D eigenvalue weighted by Crippen LogP contribution is -2.16. The largest absolute Gasteiger partial charge is 0.335 e. The van der Waals surface area contributed by atoms with Gasteiger partial charge < -0.3 is 11.2 Å². The van der Waals surface area contributed by atoms with E-state index in [0.29, 0.717) is 11.0 Å². The Bertz CT molecular complexity index is 853. The van der Waals surface area contributed by atoms with Crippen molar-refractivity contribution in [2.24, 2.45) is 0 Å². The average Bonchev–Trinajstić information content (AvgIpc) is 2.97. The first-order valence-electron chi connectivity index (χ1n) is 7.08. The van der Waals surface area contributed by atoms with E-state index in [0.717, 1.165) is 15.7 Å². The quantitative estimate of drug-likeness (QED) is 0.504. The number of benzene rings is 2. The molecule has 0 radical (unpaired) electrons. The lowest BCUT2D eigenvalue weighted by Gasteiger charge is -2.07. The molecule has 8 heteroatoms. The number of para-hydroxylation sites is 1. The molecule has 0 atom stereocenters. The number of aromatic nitrogens is 3. The molecule has 0 unspecified atom stereocenters. The number of nitrogens with zero attached hydrogens (tertiary/aromatic N) is 3. The molecule has 1 heterocycles. The van der Waals surface area contributed by atoms with Crippen molar-refractivity contribution >= 4 is 39.3 Å². The van der Waals surface area contributed by atoms with Gasteiger partial charge in [0.25, 0.3) is 0 Å². The van der Waals surface area contributed by atoms with Crippen LogP contribution in [0.15, 0.2) is 64.2 Å². The molecule has 0 fully saturated rings. The van der Waals surface area contributed by atoms with E-state index in [1.54, 1.807) is 0 Å². The summed E-state index contributed by atoms with van der Waals surface area (Å²) in [4.78, 5) is 12.1. The Hall–Kier alpha value is -2.32. The van der Waals surface area contributed by atoms with Gasteiger partial charge in [0.05, 0.1) is 11.4 Å². The predicted molar refractivity (Wildman–Crippen MR) is 99.1 cm³/mol. The Morgan fingerprint density at radius 1 is 1.12 bits per heavy atom. The van der Waals surface area contributed by atoms with Crippen LogP contribution in [0.25, 0.3) is 11.4 Å². The molecule has 0 spiro atoms. The van der Waals surface area contributed by atoms with Crippen molar-refractivity contribution in [2.75, 3.05) is 16.9 Å². The second-order valence-electron chi connectivity index (χ2n) is 4.86. The van der Waals surface area contributed by atoms with Crippen LogP contribution in [0.4, 0.5) is 5.69 Å². The molecule has 1 amide bonds. The van der Waals surface area contributed by atoms with Gasteiger partial charge in [0, 0.05) is 10.0 Å². The monoisotopic (exact) mass is 403 g/mol. The average molecular weight is 404 g/mol. The van der Waals surface area contributed by atoms with Crippen LogP contribution in [0.3, 0.4) is 0 Å². The fourth-order valence-electron chi connectivity index (χ4n) is 2.04. The van der Waals surface area contributed by atoms with Gasteiger partial charge in [-0.25, -0.2) is 4.68 Å². The molecular formula is C16H14BrN5OS. The van der Waals surface area contributed by atoms with Gasteiger partial charge in [-0.05, 0) is 28.1 Å². The van der Waals surface area contributed by atoms with Crippen LogP contribution < -0.4 is 11.2 Å². The zero-order valence-electron chi connectivity index (χ0n) is 12.5. The van der Waals surface area contributed by atoms with E-state index in [9.17, 15) is 4.79 Å². The summed E-state index contributed by atoms with van der Waals surface area (Å²) in [7, 11) is 0. The topological polar surface area (TPSA) is 85.8 Å². The number of hydrogen-bond donors (Lipinski definition) is 2. The first-order valence-corrected chi connectivity index (χ1v) is 8.86. The Morgan fingerprint density at radius 2 is 1.83 bits per heavy atom. The van der Waals surface area contributed by atoms with Crippen LogP contribution in [0, 0.1) is 0 Å². The highest BCUT2D eigenvalue weighted by Crippen LogP contribution is 2.23. The maximum atomic E-state index is 12.1. The Morgan fingerprint density at radius 3 is 2.58 bits per heavy atom. The Balaban J connectivity index is 1.64. The van der Waals surface area contributed by atoms with Crippen molar-refractivity contribution in [1.82, 2.24) is 14.9 Å². The van der Waals surface area contributed by atoms with Gasteiger partial charge in [-0.15, -0.1) is 10.2 Å². The van der Waals surface area contributed by atoms with Crippen LogP contribution in [0.1, 0.15) is 0 Å². The van der Waals surface area contributed by atoms with Crippen LogP contribution in [0.5, 0.6) is 0 Å². The number of thioether (sulfide) groups is 1. The molecule has 122 valence electrons. The summed E-state index contributed by atoms with van der Waals surface area (Å²) in [6.07, 6.45) is 0. The molecule has 24 heavy (non-hydrogen) atoms. The molecule has 0 saturated heterocycles. The van der Waals surface area contributed by atoms with Crippen molar-refractivity contribution < 1.29 is 4.79 Å². The number of rotatable bonds is 5. The number of nitrogens with one attached hydrogen (secondary N) is 1. The number of halogens is 1. The van der Waals surface area contributed by atoms with Crippen molar-refractivity contribution in [3.8, 4) is 11.4 Å². The smallest absolute Gasteiger partial charge is 0.234 e. The fraction of sp³-hybridized carbons (Fsp3) is 0.0625. The van der Waals surface area contributed by atoms with E-state index in [-0.39, 0.29) is 11.7 Å². The second kappa shape index (κ2) is 7.50. The number of hydrogen-bond acceptors (Lipinski definition) is 5. The first kappa shape index (κ1) is 16.5. The van der Waals surface area contributed by atoms with Crippen molar-refractivity contribution in [1.29, 1.82) is 0 Å². The molecule has 0 bridgehead atoms. The van der Waals surface area contributed by atoms with E-state index in [1.165, 1.54) is 16.4 Å². The van der Waals surface area contributed by atoms with E-state index in [2.05, 4.69) is 31.4 Å². The van der Waals surface area contributed by atoms with Crippen LogP contribution in [0.2, 0.25) is 0 Å². The number of amides is 1. The molecule has 0 aliphatic heterocycles. The number of carbonyl (C=O) groups excluding carboxylic acids is 1. The van der Waals surface area contributed by atoms with Gasteiger partial charge in [0.2, 0.25) is 11.1 Å². The summed E-state index contributed by atoms with van der Waals surface area (Å²) in [6.45, 7) is 0. The molecular weight excluding hydrogens is 390 g/mol. The second-order valence-corrected chi connectivity index (χ2v) is 6.66. The Kier molecular flexibility index (Phi) is 5.17. The van der Waals surface area contributed by atoms with E-state index in [1.807, 2.05) is 54.6 Å². The summed E-state index contributed by atoms with van der Waals surface area (Å²) in [6, 6.07) is 17.0. The summed E-state index contributed by atoms with van der Waals surface area (Å²) < 4.78 is 2.22.